The van der Waals surface area contributed by atoms with E-state index >= 15 is 0 Å². The molecule has 0 amide bonds. The average molecular weight is 236 g/mol. The third-order valence-corrected chi connectivity index (χ3v) is 2.94. The number of hydrogen-bond acceptors (Lipinski definition) is 4. The van der Waals surface area contributed by atoms with Crippen molar-refractivity contribution in [3.8, 4) is 0 Å². The van der Waals surface area contributed by atoms with Crippen molar-refractivity contribution < 1.29 is 9.53 Å². The molecule has 0 unspecified atom stereocenters. The zero-order valence-corrected chi connectivity index (χ0v) is 9.67. The summed E-state index contributed by atoms with van der Waals surface area (Å²) in [5.41, 5.74) is 0.00485. The zero-order chi connectivity index (χ0) is 12.1. The van der Waals surface area contributed by atoms with Crippen LogP contribution in [0.3, 0.4) is 0 Å². The highest BCUT2D eigenvalue weighted by atomic mass is 16.5. The van der Waals surface area contributed by atoms with Gasteiger partial charge >= 0.3 is 0 Å². The lowest BCUT2D eigenvalue weighted by Gasteiger charge is -2.26. The summed E-state index contributed by atoms with van der Waals surface area (Å²) in [7, 11) is 0. The monoisotopic (exact) mass is 236 g/mol. The molecule has 1 aliphatic rings. The Morgan fingerprint density at radius 3 is 2.76 bits per heavy atom. The van der Waals surface area contributed by atoms with Crippen LogP contribution < -0.4 is 5.56 Å². The summed E-state index contributed by atoms with van der Waals surface area (Å²) in [4.78, 5) is 24.7. The van der Waals surface area contributed by atoms with E-state index in [9.17, 15) is 9.59 Å². The van der Waals surface area contributed by atoms with Crippen molar-refractivity contribution in [3.05, 3.63) is 34.2 Å². The van der Waals surface area contributed by atoms with Gasteiger partial charge < -0.3 is 9.30 Å². The minimum atomic E-state index is -0.212. The number of pyridine rings is 1. The second kappa shape index (κ2) is 5.75. The maximum absolute atomic E-state index is 11.8. The van der Waals surface area contributed by atoms with Gasteiger partial charge in [0.25, 0.3) is 5.56 Å². The third-order valence-electron chi connectivity index (χ3n) is 2.94. The minimum Gasteiger partial charge on any atom is -0.379 e. The predicted octanol–water partition coefficient (Wildman–Crippen LogP) is -0.00700. The molecule has 0 atom stereocenters. The number of aromatic nitrogens is 1. The number of morpholine rings is 1. The van der Waals surface area contributed by atoms with Crippen LogP contribution in [-0.4, -0.2) is 48.6 Å². The molecule has 1 saturated heterocycles. The molecule has 2 rings (SSSR count). The zero-order valence-electron chi connectivity index (χ0n) is 9.67. The lowest BCUT2D eigenvalue weighted by atomic mass is 10.3. The van der Waals surface area contributed by atoms with Crippen molar-refractivity contribution in [3.63, 3.8) is 0 Å². The van der Waals surface area contributed by atoms with Crippen LogP contribution in [0.15, 0.2) is 23.1 Å². The van der Waals surface area contributed by atoms with Crippen molar-refractivity contribution in [2.24, 2.45) is 0 Å². The SMILES string of the molecule is O=Cc1cccn(CCN2CCOCC2)c1=O. The molecule has 1 fully saturated rings. The summed E-state index contributed by atoms with van der Waals surface area (Å²) in [5.74, 6) is 0. The summed E-state index contributed by atoms with van der Waals surface area (Å²) in [5, 5.41) is 0. The van der Waals surface area contributed by atoms with Crippen LogP contribution in [-0.2, 0) is 11.3 Å². The highest BCUT2D eigenvalue weighted by Gasteiger charge is 2.10. The molecule has 5 heteroatoms. The molecule has 5 nitrogen and oxygen atoms in total. The van der Waals surface area contributed by atoms with Crippen LogP contribution >= 0.6 is 0 Å². The van der Waals surface area contributed by atoms with E-state index < -0.39 is 0 Å². The lowest BCUT2D eigenvalue weighted by molar-refractivity contribution is 0.0363. The van der Waals surface area contributed by atoms with Gasteiger partial charge in [0.2, 0.25) is 0 Å². The molecule has 2 heterocycles. The summed E-state index contributed by atoms with van der Waals surface area (Å²) < 4.78 is 6.84. The molecule has 1 aromatic heterocycles. The molecular formula is C12H16N2O3. The molecule has 92 valence electrons. The lowest BCUT2D eigenvalue weighted by Crippen LogP contribution is -2.39. The standard InChI is InChI=1S/C12H16N2O3/c15-10-11-2-1-3-14(12(11)16)5-4-13-6-8-17-9-7-13/h1-3,10H,4-9H2. The Kier molecular flexibility index (Phi) is 4.06. The third kappa shape index (κ3) is 3.01. The van der Waals surface area contributed by atoms with Crippen molar-refractivity contribution in [1.82, 2.24) is 9.47 Å². The first-order chi connectivity index (χ1) is 8.31. The molecule has 0 saturated carbocycles. The van der Waals surface area contributed by atoms with E-state index in [2.05, 4.69) is 4.90 Å². The fourth-order valence-electron chi connectivity index (χ4n) is 1.90. The first-order valence-electron chi connectivity index (χ1n) is 5.76. The van der Waals surface area contributed by atoms with Crippen LogP contribution in [0.4, 0.5) is 0 Å². The Labute approximate surface area is 99.6 Å². The van der Waals surface area contributed by atoms with E-state index in [0.717, 1.165) is 32.8 Å². The Morgan fingerprint density at radius 2 is 2.06 bits per heavy atom. The molecule has 0 aromatic carbocycles. The Balaban J connectivity index is 1.98. The quantitative estimate of drug-likeness (QED) is 0.690. The van der Waals surface area contributed by atoms with Crippen LogP contribution in [0.1, 0.15) is 10.4 Å². The first kappa shape index (κ1) is 12.0. The van der Waals surface area contributed by atoms with Gasteiger partial charge in [0.05, 0.1) is 18.8 Å². The van der Waals surface area contributed by atoms with Gasteiger partial charge in [0.15, 0.2) is 6.29 Å². The molecule has 0 bridgehead atoms. The fourth-order valence-corrected chi connectivity index (χ4v) is 1.90. The van der Waals surface area contributed by atoms with Crippen LogP contribution in [0.25, 0.3) is 0 Å². The Hall–Kier alpha value is -1.46. The number of hydrogen-bond donors (Lipinski definition) is 0. The number of rotatable bonds is 4. The molecule has 0 N–H and O–H groups in total. The smallest absolute Gasteiger partial charge is 0.261 e. The van der Waals surface area contributed by atoms with E-state index in [1.807, 2.05) is 0 Å². The second-order valence-corrected chi connectivity index (χ2v) is 4.03. The van der Waals surface area contributed by atoms with Gasteiger partial charge in [-0.25, -0.2) is 0 Å². The highest BCUT2D eigenvalue weighted by molar-refractivity contribution is 5.73. The second-order valence-electron chi connectivity index (χ2n) is 4.03. The van der Waals surface area contributed by atoms with E-state index in [4.69, 9.17) is 4.74 Å². The summed E-state index contributed by atoms with van der Waals surface area (Å²) in [6.07, 6.45) is 2.32. The largest absolute Gasteiger partial charge is 0.379 e. The Bertz CT molecular complexity index is 436. The van der Waals surface area contributed by atoms with Gasteiger partial charge in [0.1, 0.15) is 0 Å². The van der Waals surface area contributed by atoms with Crippen LogP contribution in [0.2, 0.25) is 0 Å². The molecule has 17 heavy (non-hydrogen) atoms. The fraction of sp³-hybridized carbons (Fsp3) is 0.500. The number of nitrogens with zero attached hydrogens (tertiary/aromatic N) is 2. The normalized spacial score (nSPS) is 16.9. The van der Waals surface area contributed by atoms with Crippen molar-refractivity contribution in [2.45, 2.75) is 6.54 Å². The first-order valence-corrected chi connectivity index (χ1v) is 5.76. The number of ether oxygens (including phenoxy) is 1. The molecule has 1 aromatic rings. The Morgan fingerprint density at radius 1 is 1.29 bits per heavy atom. The molecular weight excluding hydrogens is 220 g/mol. The van der Waals surface area contributed by atoms with Crippen LogP contribution in [0, 0.1) is 0 Å². The predicted molar refractivity (Wildman–Crippen MR) is 63.3 cm³/mol. The number of carbonyl (C=O) groups excluding carboxylic acids is 1. The van der Waals surface area contributed by atoms with Gasteiger partial charge in [-0.15, -0.1) is 0 Å². The highest BCUT2D eigenvalue weighted by Crippen LogP contribution is 1.97. The van der Waals surface area contributed by atoms with Crippen molar-refractivity contribution in [2.75, 3.05) is 32.8 Å². The molecule has 0 spiro atoms. The van der Waals surface area contributed by atoms with Gasteiger partial charge in [-0.05, 0) is 12.1 Å². The van der Waals surface area contributed by atoms with E-state index in [1.165, 1.54) is 0 Å². The van der Waals surface area contributed by atoms with Gasteiger partial charge in [0, 0.05) is 32.4 Å². The van der Waals surface area contributed by atoms with Gasteiger partial charge in [-0.2, -0.15) is 0 Å². The minimum absolute atomic E-state index is 0.212. The molecule has 0 aliphatic carbocycles. The summed E-state index contributed by atoms with van der Waals surface area (Å²) in [6, 6.07) is 3.27. The van der Waals surface area contributed by atoms with Gasteiger partial charge in [-0.1, -0.05) is 0 Å². The summed E-state index contributed by atoms with van der Waals surface area (Å²) >= 11 is 0. The average Bonchev–Trinajstić information content (AvgIpc) is 2.39. The maximum Gasteiger partial charge on any atom is 0.261 e. The number of aldehydes is 1. The van der Waals surface area contributed by atoms with E-state index in [-0.39, 0.29) is 11.1 Å². The van der Waals surface area contributed by atoms with Gasteiger partial charge in [-0.3, -0.25) is 14.5 Å². The topological polar surface area (TPSA) is 51.5 Å². The van der Waals surface area contributed by atoms with Crippen molar-refractivity contribution >= 4 is 6.29 Å². The molecule has 0 radical (unpaired) electrons. The summed E-state index contributed by atoms with van der Waals surface area (Å²) in [6.45, 7) is 4.74. The van der Waals surface area contributed by atoms with E-state index in [1.54, 1.807) is 22.9 Å². The molecule has 1 aliphatic heterocycles. The maximum atomic E-state index is 11.8. The van der Waals surface area contributed by atoms with Crippen molar-refractivity contribution in [1.29, 1.82) is 0 Å². The van der Waals surface area contributed by atoms with Crippen LogP contribution in [0.5, 0.6) is 0 Å². The number of carbonyl (C=O) groups is 1. The van der Waals surface area contributed by atoms with E-state index in [0.29, 0.717) is 12.8 Å².